The van der Waals surface area contributed by atoms with E-state index in [2.05, 4.69) is 15.7 Å². The number of hydrogen-bond donors (Lipinski definition) is 2. The normalized spacial score (nSPS) is 11.2. The summed E-state index contributed by atoms with van der Waals surface area (Å²) in [6, 6.07) is 0. The van der Waals surface area contributed by atoms with Gasteiger partial charge in [-0.25, -0.2) is 4.68 Å². The highest BCUT2D eigenvalue weighted by molar-refractivity contribution is 6.33. The zero-order valence-electron chi connectivity index (χ0n) is 11.6. The number of carbonyl (C=O) groups is 1. The first-order valence-corrected chi connectivity index (χ1v) is 6.43. The molecule has 0 unspecified atom stereocenters. The molecule has 0 aromatic carbocycles. The highest BCUT2D eigenvalue weighted by atomic mass is 35.5. The van der Waals surface area contributed by atoms with Crippen LogP contribution in [0.3, 0.4) is 0 Å². The number of aromatic nitrogens is 2. The lowest BCUT2D eigenvalue weighted by Crippen LogP contribution is -2.43. The van der Waals surface area contributed by atoms with E-state index in [1.54, 1.807) is 6.92 Å². The lowest BCUT2D eigenvalue weighted by molar-refractivity contribution is -0.120. The molecule has 0 spiro atoms. The zero-order valence-corrected chi connectivity index (χ0v) is 12.3. The van der Waals surface area contributed by atoms with Crippen LogP contribution in [-0.2, 0) is 11.3 Å². The van der Waals surface area contributed by atoms with E-state index < -0.39 is 0 Å². The Hall–Kier alpha value is -1.56. The predicted octanol–water partition coefficient (Wildman–Crippen LogP) is 1.24. The van der Waals surface area contributed by atoms with Crippen molar-refractivity contribution >= 4 is 23.2 Å². The van der Waals surface area contributed by atoms with Gasteiger partial charge in [0.1, 0.15) is 5.02 Å². The molecule has 1 heterocycles. The van der Waals surface area contributed by atoms with Gasteiger partial charge in [0.15, 0.2) is 0 Å². The van der Waals surface area contributed by atoms with Crippen LogP contribution in [0, 0.1) is 0 Å². The van der Waals surface area contributed by atoms with Gasteiger partial charge in [0.2, 0.25) is 5.91 Å². The summed E-state index contributed by atoms with van der Waals surface area (Å²) in [5, 5.41) is 9.58. The van der Waals surface area contributed by atoms with E-state index in [1.807, 2.05) is 20.8 Å². The van der Waals surface area contributed by atoms with Gasteiger partial charge in [0.25, 0.3) is 5.56 Å². The molecular formula is C12H19ClN4O2. The van der Waals surface area contributed by atoms with Crippen molar-refractivity contribution in [3.05, 3.63) is 21.6 Å². The maximum absolute atomic E-state index is 11.7. The molecule has 106 valence electrons. The molecule has 0 fully saturated rings. The molecule has 0 aliphatic rings. The molecule has 1 aromatic rings. The Morgan fingerprint density at radius 1 is 1.47 bits per heavy atom. The molecule has 0 aliphatic carbocycles. The summed E-state index contributed by atoms with van der Waals surface area (Å²) in [6.45, 7) is 7.96. The Bertz CT molecular complexity index is 519. The quantitative estimate of drug-likeness (QED) is 0.873. The second-order valence-corrected chi connectivity index (χ2v) is 5.52. The summed E-state index contributed by atoms with van der Waals surface area (Å²) in [4.78, 5) is 23.4. The van der Waals surface area contributed by atoms with Crippen molar-refractivity contribution in [2.24, 2.45) is 0 Å². The largest absolute Gasteiger partial charge is 0.373 e. The summed E-state index contributed by atoms with van der Waals surface area (Å²) in [6.07, 6.45) is 1.44. The first-order chi connectivity index (χ1) is 8.74. The summed E-state index contributed by atoms with van der Waals surface area (Å²) >= 11 is 5.93. The van der Waals surface area contributed by atoms with Crippen molar-refractivity contribution in [1.29, 1.82) is 0 Å². The minimum Gasteiger partial charge on any atom is -0.373 e. The summed E-state index contributed by atoms with van der Waals surface area (Å²) in [7, 11) is 0. The molecule has 1 rings (SSSR count). The number of halogens is 1. The van der Waals surface area contributed by atoms with Crippen molar-refractivity contribution in [2.45, 2.75) is 39.8 Å². The van der Waals surface area contributed by atoms with Gasteiger partial charge < -0.3 is 10.6 Å². The summed E-state index contributed by atoms with van der Waals surface area (Å²) < 4.78 is 1.25. The van der Waals surface area contributed by atoms with Gasteiger partial charge in [-0.2, -0.15) is 5.10 Å². The van der Waals surface area contributed by atoms with Crippen LogP contribution in [0.15, 0.2) is 11.0 Å². The smallest absolute Gasteiger partial charge is 0.287 e. The Balaban J connectivity index is 2.72. The third kappa shape index (κ3) is 4.55. The maximum atomic E-state index is 11.7. The van der Waals surface area contributed by atoms with E-state index >= 15 is 0 Å². The third-order valence-corrected chi connectivity index (χ3v) is 2.60. The van der Waals surface area contributed by atoms with E-state index in [9.17, 15) is 9.59 Å². The summed E-state index contributed by atoms with van der Waals surface area (Å²) in [5.74, 6) is -0.178. The van der Waals surface area contributed by atoms with E-state index in [-0.39, 0.29) is 28.6 Å². The number of amides is 1. The molecule has 0 aliphatic heterocycles. The standard InChI is InChI=1S/C12H19ClN4O2/c1-5-17-11(19)10(13)8(6-15-17)14-7-9(18)16-12(2,3)4/h6,14H,5,7H2,1-4H3,(H,16,18). The topological polar surface area (TPSA) is 76.0 Å². The molecule has 2 N–H and O–H groups in total. The van der Waals surface area contributed by atoms with Gasteiger partial charge >= 0.3 is 0 Å². The predicted molar refractivity (Wildman–Crippen MR) is 75.6 cm³/mol. The van der Waals surface area contributed by atoms with Gasteiger partial charge in [0, 0.05) is 12.1 Å². The molecule has 19 heavy (non-hydrogen) atoms. The van der Waals surface area contributed by atoms with Crippen molar-refractivity contribution in [2.75, 3.05) is 11.9 Å². The van der Waals surface area contributed by atoms with Crippen molar-refractivity contribution < 1.29 is 4.79 Å². The molecule has 0 saturated carbocycles. The van der Waals surface area contributed by atoms with Crippen molar-refractivity contribution in [3.8, 4) is 0 Å². The molecule has 1 amide bonds. The zero-order chi connectivity index (χ0) is 14.6. The SMILES string of the molecule is CCn1ncc(NCC(=O)NC(C)(C)C)c(Cl)c1=O. The van der Waals surface area contributed by atoms with E-state index in [4.69, 9.17) is 11.6 Å². The number of rotatable bonds is 4. The Kier molecular flexibility index (Phi) is 4.94. The van der Waals surface area contributed by atoms with Gasteiger partial charge in [-0.05, 0) is 27.7 Å². The van der Waals surface area contributed by atoms with E-state index in [0.29, 0.717) is 12.2 Å². The molecule has 0 atom stereocenters. The third-order valence-electron chi connectivity index (χ3n) is 2.24. The van der Waals surface area contributed by atoms with Crippen LogP contribution in [0.1, 0.15) is 27.7 Å². The van der Waals surface area contributed by atoms with Gasteiger partial charge in [0.05, 0.1) is 18.4 Å². The fourth-order valence-corrected chi connectivity index (χ4v) is 1.66. The van der Waals surface area contributed by atoms with Gasteiger partial charge in [-0.15, -0.1) is 0 Å². The Morgan fingerprint density at radius 2 is 2.11 bits per heavy atom. The molecule has 0 saturated heterocycles. The summed E-state index contributed by atoms with van der Waals surface area (Å²) in [5.41, 5.74) is -0.308. The number of aryl methyl sites for hydroxylation is 1. The molecule has 0 radical (unpaired) electrons. The molecular weight excluding hydrogens is 268 g/mol. The van der Waals surface area contributed by atoms with E-state index in [1.165, 1.54) is 10.9 Å². The number of anilines is 1. The van der Waals surface area contributed by atoms with Crippen LogP contribution >= 0.6 is 11.6 Å². The minimum absolute atomic E-state index is 0.0360. The van der Waals surface area contributed by atoms with Crippen LogP contribution in [0.25, 0.3) is 0 Å². The van der Waals surface area contributed by atoms with Crippen molar-refractivity contribution in [1.82, 2.24) is 15.1 Å². The number of carbonyl (C=O) groups excluding carboxylic acids is 1. The lowest BCUT2D eigenvalue weighted by Gasteiger charge is -2.20. The van der Waals surface area contributed by atoms with Crippen LogP contribution < -0.4 is 16.2 Å². The number of hydrogen-bond acceptors (Lipinski definition) is 4. The molecule has 7 heteroatoms. The molecule has 0 bridgehead atoms. The maximum Gasteiger partial charge on any atom is 0.287 e. The van der Waals surface area contributed by atoms with Crippen LogP contribution in [-0.4, -0.2) is 27.8 Å². The Morgan fingerprint density at radius 3 is 2.63 bits per heavy atom. The second kappa shape index (κ2) is 6.06. The minimum atomic E-state index is -0.370. The highest BCUT2D eigenvalue weighted by Gasteiger charge is 2.14. The lowest BCUT2D eigenvalue weighted by atomic mass is 10.1. The van der Waals surface area contributed by atoms with Crippen LogP contribution in [0.2, 0.25) is 5.02 Å². The highest BCUT2D eigenvalue weighted by Crippen LogP contribution is 2.14. The fourth-order valence-electron chi connectivity index (χ4n) is 1.45. The number of nitrogens with one attached hydrogen (secondary N) is 2. The van der Waals surface area contributed by atoms with E-state index in [0.717, 1.165) is 0 Å². The van der Waals surface area contributed by atoms with Crippen molar-refractivity contribution in [3.63, 3.8) is 0 Å². The molecule has 6 nitrogen and oxygen atoms in total. The second-order valence-electron chi connectivity index (χ2n) is 5.14. The van der Waals surface area contributed by atoms with Gasteiger partial charge in [-0.1, -0.05) is 11.6 Å². The Labute approximate surface area is 117 Å². The van der Waals surface area contributed by atoms with Gasteiger partial charge in [-0.3, -0.25) is 9.59 Å². The monoisotopic (exact) mass is 286 g/mol. The average Bonchev–Trinajstić information content (AvgIpc) is 2.29. The molecule has 1 aromatic heterocycles. The number of nitrogens with zero attached hydrogens (tertiary/aromatic N) is 2. The first-order valence-electron chi connectivity index (χ1n) is 6.05. The first kappa shape index (κ1) is 15.5. The fraction of sp³-hybridized carbons (Fsp3) is 0.583. The average molecular weight is 287 g/mol. The van der Waals surface area contributed by atoms with Crippen LogP contribution in [0.5, 0.6) is 0 Å². The van der Waals surface area contributed by atoms with Crippen LogP contribution in [0.4, 0.5) is 5.69 Å².